The Balaban J connectivity index is 2.83. The fourth-order valence-corrected chi connectivity index (χ4v) is 2.91. The summed E-state index contributed by atoms with van der Waals surface area (Å²) in [5, 5.41) is 9.43. The zero-order valence-corrected chi connectivity index (χ0v) is 11.5. The van der Waals surface area contributed by atoms with Crippen LogP contribution in [0, 0.1) is 0 Å². The fraction of sp³-hybridized carbons (Fsp3) is 0.692. The maximum Gasteiger partial charge on any atom is 0.0518 e. The molecule has 0 aromatic carbocycles. The van der Waals surface area contributed by atoms with E-state index in [9.17, 15) is 5.11 Å². The van der Waals surface area contributed by atoms with Crippen LogP contribution < -0.4 is 5.73 Å². The summed E-state index contributed by atoms with van der Waals surface area (Å²) in [6.45, 7) is 9.08. The minimum absolute atomic E-state index is 0.201. The van der Waals surface area contributed by atoms with Crippen LogP contribution in [0.3, 0.4) is 0 Å². The molecule has 16 heavy (non-hydrogen) atoms. The summed E-state index contributed by atoms with van der Waals surface area (Å²) in [5.41, 5.74) is 5.97. The molecule has 1 aromatic heterocycles. The van der Waals surface area contributed by atoms with Crippen molar-refractivity contribution in [2.24, 2.45) is 5.73 Å². The van der Waals surface area contributed by atoms with Crippen molar-refractivity contribution in [3.8, 4) is 0 Å². The van der Waals surface area contributed by atoms with Crippen LogP contribution in [0.2, 0.25) is 0 Å². The van der Waals surface area contributed by atoms with Gasteiger partial charge in [-0.25, -0.2) is 0 Å². The molecule has 1 rings (SSSR count). The summed E-state index contributed by atoms with van der Waals surface area (Å²) in [7, 11) is 0. The molecule has 0 aliphatic rings. The van der Waals surface area contributed by atoms with Gasteiger partial charge in [0.05, 0.1) is 6.10 Å². The number of hydrogen-bond acceptors (Lipinski definition) is 3. The normalized spacial score (nSPS) is 16.1. The fourth-order valence-electron chi connectivity index (χ4n) is 1.72. The van der Waals surface area contributed by atoms with Gasteiger partial charge >= 0.3 is 0 Å². The average Bonchev–Trinajstić information content (AvgIpc) is 2.61. The molecule has 1 aromatic rings. The van der Waals surface area contributed by atoms with Gasteiger partial charge in [0.2, 0.25) is 0 Å². The van der Waals surface area contributed by atoms with Gasteiger partial charge in [0, 0.05) is 22.2 Å². The molecule has 0 fully saturated rings. The lowest BCUT2D eigenvalue weighted by Crippen LogP contribution is -2.16. The molecule has 0 bridgehead atoms. The van der Waals surface area contributed by atoms with E-state index in [0.29, 0.717) is 12.5 Å². The largest absolute Gasteiger partial charge is 0.393 e. The highest BCUT2D eigenvalue weighted by Gasteiger charge is 2.20. The molecule has 0 radical (unpaired) electrons. The van der Waals surface area contributed by atoms with E-state index in [1.165, 1.54) is 9.75 Å². The van der Waals surface area contributed by atoms with Crippen molar-refractivity contribution in [3.05, 3.63) is 21.9 Å². The summed E-state index contributed by atoms with van der Waals surface area (Å²) < 4.78 is 0. The Hall–Kier alpha value is -0.380. The first-order valence-corrected chi connectivity index (χ1v) is 6.64. The number of rotatable bonds is 4. The van der Waals surface area contributed by atoms with E-state index < -0.39 is 0 Å². The Morgan fingerprint density at radius 1 is 1.38 bits per heavy atom. The van der Waals surface area contributed by atoms with Crippen LogP contribution in [0.1, 0.15) is 49.8 Å². The number of thiophene rings is 1. The number of nitrogens with two attached hydrogens (primary N) is 1. The molecule has 2 atom stereocenters. The van der Waals surface area contributed by atoms with E-state index in [4.69, 9.17) is 5.73 Å². The van der Waals surface area contributed by atoms with Crippen molar-refractivity contribution in [1.29, 1.82) is 0 Å². The van der Waals surface area contributed by atoms with Crippen LogP contribution in [0.4, 0.5) is 0 Å². The predicted octanol–water partition coefficient (Wildman–Crippen LogP) is 2.86. The standard InChI is InChI=1S/C13H23NOS/c1-9(15)7-10(8-14)11-5-6-12(16-11)13(2,3)4/h5-6,9-10,15H,7-8,14H2,1-4H3. The molecule has 2 nitrogen and oxygen atoms in total. The molecule has 2 unspecified atom stereocenters. The number of aliphatic hydroxyl groups excluding tert-OH is 1. The van der Waals surface area contributed by atoms with Crippen LogP contribution in [-0.2, 0) is 5.41 Å². The van der Waals surface area contributed by atoms with E-state index in [2.05, 4.69) is 32.9 Å². The summed E-state index contributed by atoms with van der Waals surface area (Å²) in [4.78, 5) is 2.68. The summed E-state index contributed by atoms with van der Waals surface area (Å²) in [5.74, 6) is 0.293. The molecule has 0 saturated carbocycles. The lowest BCUT2D eigenvalue weighted by molar-refractivity contribution is 0.175. The van der Waals surface area contributed by atoms with Crippen molar-refractivity contribution in [3.63, 3.8) is 0 Å². The van der Waals surface area contributed by atoms with Crippen molar-refractivity contribution in [2.45, 2.75) is 51.6 Å². The van der Waals surface area contributed by atoms with Crippen molar-refractivity contribution < 1.29 is 5.11 Å². The smallest absolute Gasteiger partial charge is 0.0518 e. The SMILES string of the molecule is CC(O)CC(CN)c1ccc(C(C)(C)C)s1. The maximum absolute atomic E-state index is 9.43. The molecule has 0 saturated heterocycles. The van der Waals surface area contributed by atoms with E-state index in [0.717, 1.165) is 6.42 Å². The second-order valence-corrected chi connectivity index (χ2v) is 6.58. The Morgan fingerprint density at radius 2 is 2.00 bits per heavy atom. The average molecular weight is 241 g/mol. The number of hydrogen-bond donors (Lipinski definition) is 2. The van der Waals surface area contributed by atoms with Gasteiger partial charge in [-0.3, -0.25) is 0 Å². The minimum atomic E-state index is -0.284. The molecular weight excluding hydrogens is 218 g/mol. The molecule has 1 heterocycles. The topological polar surface area (TPSA) is 46.2 Å². The quantitative estimate of drug-likeness (QED) is 0.851. The van der Waals surface area contributed by atoms with Crippen LogP contribution in [-0.4, -0.2) is 17.8 Å². The maximum atomic E-state index is 9.43. The third-order valence-electron chi connectivity index (χ3n) is 2.68. The highest BCUT2D eigenvalue weighted by Crippen LogP contribution is 2.34. The first-order chi connectivity index (χ1) is 7.34. The van der Waals surface area contributed by atoms with Gasteiger partial charge in [0.1, 0.15) is 0 Å². The van der Waals surface area contributed by atoms with Crippen LogP contribution in [0.5, 0.6) is 0 Å². The van der Waals surface area contributed by atoms with E-state index in [1.54, 1.807) is 0 Å². The third-order valence-corrected chi connectivity index (χ3v) is 4.35. The molecule has 0 amide bonds. The molecule has 0 aliphatic carbocycles. The molecular formula is C13H23NOS. The van der Waals surface area contributed by atoms with Gasteiger partial charge in [-0.2, -0.15) is 0 Å². The van der Waals surface area contributed by atoms with Crippen molar-refractivity contribution in [1.82, 2.24) is 0 Å². The Morgan fingerprint density at radius 3 is 2.38 bits per heavy atom. The highest BCUT2D eigenvalue weighted by atomic mass is 32.1. The summed E-state index contributed by atoms with van der Waals surface area (Å²) in [6, 6.07) is 4.34. The lowest BCUT2D eigenvalue weighted by atomic mass is 9.94. The third kappa shape index (κ3) is 3.58. The minimum Gasteiger partial charge on any atom is -0.393 e. The Kier molecular flexibility index (Phi) is 4.53. The van der Waals surface area contributed by atoms with E-state index in [1.807, 2.05) is 18.3 Å². The Labute approximate surface area is 102 Å². The van der Waals surface area contributed by atoms with Gasteiger partial charge in [-0.05, 0) is 30.9 Å². The molecule has 92 valence electrons. The highest BCUT2D eigenvalue weighted by molar-refractivity contribution is 7.12. The monoisotopic (exact) mass is 241 g/mol. The van der Waals surface area contributed by atoms with Crippen LogP contribution in [0.25, 0.3) is 0 Å². The van der Waals surface area contributed by atoms with Gasteiger partial charge in [-0.15, -0.1) is 11.3 Å². The van der Waals surface area contributed by atoms with Crippen molar-refractivity contribution >= 4 is 11.3 Å². The molecule has 3 heteroatoms. The summed E-state index contributed by atoms with van der Waals surface area (Å²) in [6.07, 6.45) is 0.467. The predicted molar refractivity (Wildman–Crippen MR) is 71.1 cm³/mol. The van der Waals surface area contributed by atoms with Gasteiger partial charge in [0.15, 0.2) is 0 Å². The Bertz CT molecular complexity index is 325. The zero-order chi connectivity index (χ0) is 12.3. The first-order valence-electron chi connectivity index (χ1n) is 5.83. The van der Waals surface area contributed by atoms with Crippen LogP contribution >= 0.6 is 11.3 Å². The molecule has 3 N–H and O–H groups in total. The van der Waals surface area contributed by atoms with E-state index in [-0.39, 0.29) is 11.5 Å². The van der Waals surface area contributed by atoms with Crippen LogP contribution in [0.15, 0.2) is 12.1 Å². The summed E-state index contributed by atoms with van der Waals surface area (Å²) >= 11 is 1.82. The zero-order valence-electron chi connectivity index (χ0n) is 10.7. The lowest BCUT2D eigenvalue weighted by Gasteiger charge is -2.17. The number of aliphatic hydroxyl groups is 1. The second-order valence-electron chi connectivity index (χ2n) is 5.47. The first kappa shape index (κ1) is 13.7. The van der Waals surface area contributed by atoms with Gasteiger partial charge < -0.3 is 10.8 Å². The van der Waals surface area contributed by atoms with Crippen molar-refractivity contribution in [2.75, 3.05) is 6.54 Å². The van der Waals surface area contributed by atoms with Gasteiger partial charge in [0.25, 0.3) is 0 Å². The van der Waals surface area contributed by atoms with Gasteiger partial charge in [-0.1, -0.05) is 20.8 Å². The molecule has 0 spiro atoms. The molecule has 0 aliphatic heterocycles. The second kappa shape index (κ2) is 5.30. The van der Waals surface area contributed by atoms with E-state index >= 15 is 0 Å².